The number of carbonyl (C=O) groups is 1. The number of aldehydes is 1. The van der Waals surface area contributed by atoms with Crippen LogP contribution in [0.5, 0.6) is 0 Å². The smallest absolute Gasteiger partial charge is 0.123 e. The second-order valence-corrected chi connectivity index (χ2v) is 8.22. The largest absolute Gasteiger partial charge is 0.303 e. The van der Waals surface area contributed by atoms with Crippen molar-refractivity contribution in [3.05, 3.63) is 0 Å². The summed E-state index contributed by atoms with van der Waals surface area (Å²) in [5, 5.41) is 0. The van der Waals surface area contributed by atoms with E-state index in [1.54, 1.807) is 0 Å². The number of unbranched alkanes of at least 4 members (excludes halogenated alkanes) is 3. The summed E-state index contributed by atoms with van der Waals surface area (Å²) in [6.45, 7) is 2.37. The van der Waals surface area contributed by atoms with Crippen molar-refractivity contribution in [2.45, 2.75) is 103 Å². The van der Waals surface area contributed by atoms with E-state index >= 15 is 0 Å². The lowest BCUT2D eigenvalue weighted by molar-refractivity contribution is -0.112. The lowest BCUT2D eigenvalue weighted by Crippen LogP contribution is -2.15. The number of carbonyl (C=O) groups excluding carboxylic acids is 1. The summed E-state index contributed by atoms with van der Waals surface area (Å²) >= 11 is 0. The third-order valence-corrected chi connectivity index (χ3v) is 6.53. The predicted octanol–water partition coefficient (Wildman–Crippen LogP) is 6.55. The maximum atomic E-state index is 10.8. The third-order valence-electron chi connectivity index (χ3n) is 6.53. The fourth-order valence-corrected chi connectivity index (χ4v) is 4.87. The zero-order chi connectivity index (χ0) is 15.6. The van der Waals surface area contributed by atoms with Gasteiger partial charge >= 0.3 is 0 Å². The van der Waals surface area contributed by atoms with Crippen LogP contribution in [-0.2, 0) is 4.79 Å². The van der Waals surface area contributed by atoms with Crippen molar-refractivity contribution in [2.24, 2.45) is 23.7 Å². The molecule has 22 heavy (non-hydrogen) atoms. The molecule has 1 nitrogen and oxygen atoms in total. The van der Waals surface area contributed by atoms with E-state index in [4.69, 9.17) is 0 Å². The van der Waals surface area contributed by atoms with Crippen LogP contribution in [-0.4, -0.2) is 6.29 Å². The van der Waals surface area contributed by atoms with Gasteiger partial charge in [-0.3, -0.25) is 0 Å². The fourth-order valence-electron chi connectivity index (χ4n) is 4.87. The van der Waals surface area contributed by atoms with Crippen molar-refractivity contribution in [1.29, 1.82) is 0 Å². The van der Waals surface area contributed by atoms with Gasteiger partial charge in [-0.15, -0.1) is 0 Å². The predicted molar refractivity (Wildman–Crippen MR) is 95.0 cm³/mol. The molecule has 128 valence electrons. The molecule has 2 unspecified atom stereocenters. The first-order valence-electron chi connectivity index (χ1n) is 10.3. The standard InChI is InChI=1S/C21H38O/c1-2-18-10-7-11-20(16-18)9-6-4-3-5-8-19-12-14-21(17-22)15-13-19/h17-21H,2-16H2,1H3. The van der Waals surface area contributed by atoms with Gasteiger partial charge in [0.25, 0.3) is 0 Å². The first-order chi connectivity index (χ1) is 10.8. The molecule has 0 aromatic carbocycles. The van der Waals surface area contributed by atoms with E-state index in [-0.39, 0.29) is 0 Å². The lowest BCUT2D eigenvalue weighted by Gasteiger charge is -2.28. The van der Waals surface area contributed by atoms with Crippen LogP contribution in [0.15, 0.2) is 0 Å². The van der Waals surface area contributed by atoms with Crippen LogP contribution < -0.4 is 0 Å². The molecule has 2 fully saturated rings. The Balaban J connectivity index is 1.44. The molecule has 0 radical (unpaired) electrons. The van der Waals surface area contributed by atoms with E-state index in [1.807, 2.05) is 0 Å². The number of hydrogen-bond acceptors (Lipinski definition) is 1. The Morgan fingerprint density at radius 3 is 2.05 bits per heavy atom. The molecule has 0 spiro atoms. The Morgan fingerprint density at radius 1 is 0.773 bits per heavy atom. The summed E-state index contributed by atoms with van der Waals surface area (Å²) in [4.78, 5) is 10.8. The van der Waals surface area contributed by atoms with E-state index in [2.05, 4.69) is 6.92 Å². The number of rotatable bonds is 9. The molecule has 0 bridgehead atoms. The van der Waals surface area contributed by atoms with Gasteiger partial charge in [-0.05, 0) is 49.9 Å². The van der Waals surface area contributed by atoms with Gasteiger partial charge in [-0.2, -0.15) is 0 Å². The molecular formula is C21H38O. The van der Waals surface area contributed by atoms with Crippen molar-refractivity contribution < 1.29 is 4.79 Å². The Bertz CT molecular complexity index is 290. The maximum Gasteiger partial charge on any atom is 0.123 e. The highest BCUT2D eigenvalue weighted by Crippen LogP contribution is 2.34. The number of hydrogen-bond donors (Lipinski definition) is 0. The Morgan fingerprint density at radius 2 is 1.41 bits per heavy atom. The van der Waals surface area contributed by atoms with Gasteiger partial charge in [0, 0.05) is 5.92 Å². The summed E-state index contributed by atoms with van der Waals surface area (Å²) in [5.41, 5.74) is 0. The zero-order valence-corrected chi connectivity index (χ0v) is 14.9. The molecule has 0 aliphatic heterocycles. The molecule has 2 aliphatic rings. The minimum Gasteiger partial charge on any atom is -0.303 e. The van der Waals surface area contributed by atoms with E-state index in [9.17, 15) is 4.79 Å². The van der Waals surface area contributed by atoms with Crippen LogP contribution in [0.3, 0.4) is 0 Å². The highest BCUT2D eigenvalue weighted by Gasteiger charge is 2.21. The van der Waals surface area contributed by atoms with Crippen LogP contribution in [0, 0.1) is 23.7 Å². The molecule has 2 rings (SSSR count). The first-order valence-corrected chi connectivity index (χ1v) is 10.3. The first kappa shape index (κ1) is 18.0. The lowest BCUT2D eigenvalue weighted by atomic mass is 9.78. The molecule has 2 atom stereocenters. The minimum atomic E-state index is 0.388. The molecule has 2 saturated carbocycles. The quantitative estimate of drug-likeness (QED) is 0.349. The SMILES string of the molecule is CCC1CCCC(CCCCCCC2CCC(C=O)CC2)C1. The zero-order valence-electron chi connectivity index (χ0n) is 14.9. The van der Waals surface area contributed by atoms with E-state index in [0.717, 1.165) is 30.6 Å². The minimum absolute atomic E-state index is 0.388. The molecule has 0 N–H and O–H groups in total. The van der Waals surface area contributed by atoms with Gasteiger partial charge in [0.1, 0.15) is 6.29 Å². The molecule has 0 amide bonds. The Kier molecular flexibility index (Phi) is 8.55. The van der Waals surface area contributed by atoms with E-state index < -0.39 is 0 Å². The highest BCUT2D eigenvalue weighted by atomic mass is 16.1. The van der Waals surface area contributed by atoms with Gasteiger partial charge in [0.2, 0.25) is 0 Å². The molecular weight excluding hydrogens is 268 g/mol. The normalized spacial score (nSPS) is 32.8. The average Bonchev–Trinajstić information content (AvgIpc) is 2.58. The van der Waals surface area contributed by atoms with Crippen LogP contribution in [0.1, 0.15) is 103 Å². The molecule has 0 saturated heterocycles. The van der Waals surface area contributed by atoms with Gasteiger partial charge in [0.05, 0.1) is 0 Å². The second kappa shape index (κ2) is 10.4. The molecule has 2 aliphatic carbocycles. The van der Waals surface area contributed by atoms with Crippen LogP contribution in [0.2, 0.25) is 0 Å². The van der Waals surface area contributed by atoms with Gasteiger partial charge < -0.3 is 4.79 Å². The van der Waals surface area contributed by atoms with Crippen LogP contribution in [0.25, 0.3) is 0 Å². The summed E-state index contributed by atoms with van der Waals surface area (Å²) < 4.78 is 0. The van der Waals surface area contributed by atoms with Gasteiger partial charge in [-0.25, -0.2) is 0 Å². The highest BCUT2D eigenvalue weighted by molar-refractivity contribution is 5.53. The summed E-state index contributed by atoms with van der Waals surface area (Å²) in [6, 6.07) is 0. The second-order valence-electron chi connectivity index (χ2n) is 8.22. The van der Waals surface area contributed by atoms with Gasteiger partial charge in [-0.1, -0.05) is 71.1 Å². The fraction of sp³-hybridized carbons (Fsp3) is 0.952. The van der Waals surface area contributed by atoms with Gasteiger partial charge in [0.15, 0.2) is 0 Å². The van der Waals surface area contributed by atoms with Crippen molar-refractivity contribution in [3.63, 3.8) is 0 Å². The average molecular weight is 307 g/mol. The molecule has 0 aromatic heterocycles. The maximum absolute atomic E-state index is 10.8. The van der Waals surface area contributed by atoms with Crippen molar-refractivity contribution in [3.8, 4) is 0 Å². The van der Waals surface area contributed by atoms with E-state index in [1.165, 1.54) is 89.8 Å². The summed E-state index contributed by atoms with van der Waals surface area (Å²) in [7, 11) is 0. The molecule has 0 aromatic rings. The van der Waals surface area contributed by atoms with E-state index in [0.29, 0.717) is 5.92 Å². The van der Waals surface area contributed by atoms with Crippen molar-refractivity contribution in [1.82, 2.24) is 0 Å². The summed E-state index contributed by atoms with van der Waals surface area (Å²) in [5.74, 6) is 3.41. The van der Waals surface area contributed by atoms with Crippen LogP contribution in [0.4, 0.5) is 0 Å². The Labute approximate surface area is 138 Å². The Hall–Kier alpha value is -0.330. The summed E-state index contributed by atoms with van der Waals surface area (Å²) in [6.07, 6.45) is 22.3. The van der Waals surface area contributed by atoms with Crippen molar-refractivity contribution >= 4 is 6.29 Å². The third kappa shape index (κ3) is 6.42. The molecule has 0 heterocycles. The van der Waals surface area contributed by atoms with Crippen molar-refractivity contribution in [2.75, 3.05) is 0 Å². The molecule has 1 heteroatoms. The van der Waals surface area contributed by atoms with Crippen LogP contribution >= 0.6 is 0 Å². The topological polar surface area (TPSA) is 17.1 Å². The monoisotopic (exact) mass is 306 g/mol.